The number of benzene rings is 1. The lowest BCUT2D eigenvalue weighted by Crippen LogP contribution is -2.19. The minimum atomic E-state index is -0.180. The number of aliphatic imine (C=N–C) groups is 1. The summed E-state index contributed by atoms with van der Waals surface area (Å²) in [5, 5.41) is 0. The summed E-state index contributed by atoms with van der Waals surface area (Å²) in [7, 11) is 1.77. The van der Waals surface area contributed by atoms with Gasteiger partial charge in [0.15, 0.2) is 0 Å². The van der Waals surface area contributed by atoms with Gasteiger partial charge in [0.2, 0.25) is 5.91 Å². The van der Waals surface area contributed by atoms with Gasteiger partial charge in [-0.2, -0.15) is 0 Å². The largest absolute Gasteiger partial charge is 0.302 e. The summed E-state index contributed by atoms with van der Waals surface area (Å²) in [6.45, 7) is 3.87. The standard InChI is InChI=1S/C17H22N2OS2/c1-4-15(10-7-8-13(2)17(20)19-21)22-16-11-6-5-9-14(16)12-18-3/h4-9,11-13,21H,10H2,1-3H3,(H,19,20)/b8-7-,15-4+,18-12?. The molecule has 0 radical (unpaired) electrons. The van der Waals surface area contributed by atoms with Crippen molar-refractivity contribution < 1.29 is 4.79 Å². The fourth-order valence-electron chi connectivity index (χ4n) is 1.76. The molecule has 0 aliphatic heterocycles. The second kappa shape index (κ2) is 10.3. The van der Waals surface area contributed by atoms with Crippen molar-refractivity contribution in [3.05, 3.63) is 53.0 Å². The number of allylic oxidation sites excluding steroid dienone is 3. The zero-order valence-corrected chi connectivity index (χ0v) is 14.8. The van der Waals surface area contributed by atoms with Crippen molar-refractivity contribution in [1.82, 2.24) is 4.72 Å². The van der Waals surface area contributed by atoms with Crippen molar-refractivity contribution in [2.75, 3.05) is 7.05 Å². The lowest BCUT2D eigenvalue weighted by Gasteiger charge is -2.08. The van der Waals surface area contributed by atoms with Gasteiger partial charge < -0.3 is 4.72 Å². The van der Waals surface area contributed by atoms with Gasteiger partial charge in [-0.3, -0.25) is 9.79 Å². The van der Waals surface area contributed by atoms with Crippen LogP contribution in [0.5, 0.6) is 0 Å². The van der Waals surface area contributed by atoms with Crippen LogP contribution in [0.25, 0.3) is 0 Å². The number of amides is 1. The molecule has 0 saturated carbocycles. The maximum Gasteiger partial charge on any atom is 0.236 e. The Morgan fingerprint density at radius 3 is 2.82 bits per heavy atom. The molecule has 1 rings (SSSR count). The predicted molar refractivity (Wildman–Crippen MR) is 99.6 cm³/mol. The third-order valence-corrected chi connectivity index (χ3v) is 4.49. The highest BCUT2D eigenvalue weighted by Crippen LogP contribution is 2.31. The van der Waals surface area contributed by atoms with Crippen molar-refractivity contribution in [1.29, 1.82) is 0 Å². The molecule has 1 aromatic carbocycles. The van der Waals surface area contributed by atoms with Crippen LogP contribution < -0.4 is 4.72 Å². The maximum absolute atomic E-state index is 11.4. The number of hydrogen-bond acceptors (Lipinski definition) is 4. The second-order valence-electron chi connectivity index (χ2n) is 4.68. The minimum Gasteiger partial charge on any atom is -0.302 e. The van der Waals surface area contributed by atoms with Crippen LogP contribution in [0.15, 0.2) is 57.3 Å². The molecule has 1 N–H and O–H groups in total. The van der Waals surface area contributed by atoms with Crippen LogP contribution in [0.3, 0.4) is 0 Å². The van der Waals surface area contributed by atoms with Crippen molar-refractivity contribution >= 4 is 36.7 Å². The average Bonchev–Trinajstić information content (AvgIpc) is 2.54. The molecule has 0 aliphatic rings. The smallest absolute Gasteiger partial charge is 0.236 e. The van der Waals surface area contributed by atoms with Crippen molar-refractivity contribution in [2.24, 2.45) is 10.9 Å². The number of carbonyl (C=O) groups is 1. The molecule has 3 nitrogen and oxygen atoms in total. The minimum absolute atomic E-state index is 0.0984. The first-order valence-electron chi connectivity index (χ1n) is 7.07. The van der Waals surface area contributed by atoms with Gasteiger partial charge in [-0.25, -0.2) is 0 Å². The summed E-state index contributed by atoms with van der Waals surface area (Å²) in [6, 6.07) is 8.18. The molecule has 1 aromatic rings. The van der Waals surface area contributed by atoms with Crippen LogP contribution in [0.2, 0.25) is 0 Å². The van der Waals surface area contributed by atoms with E-state index in [0.29, 0.717) is 0 Å². The maximum atomic E-state index is 11.4. The number of thiol groups is 1. The van der Waals surface area contributed by atoms with Gasteiger partial charge in [-0.15, -0.1) is 0 Å². The van der Waals surface area contributed by atoms with E-state index in [1.54, 1.807) is 18.8 Å². The second-order valence-corrected chi connectivity index (χ2v) is 6.07. The van der Waals surface area contributed by atoms with E-state index in [-0.39, 0.29) is 11.8 Å². The highest BCUT2D eigenvalue weighted by Gasteiger charge is 2.07. The van der Waals surface area contributed by atoms with Gasteiger partial charge in [0.25, 0.3) is 0 Å². The molecular weight excluding hydrogens is 312 g/mol. The number of nitrogens with zero attached hydrogens (tertiary/aromatic N) is 1. The normalized spacial score (nSPS) is 13.7. The molecule has 0 saturated heterocycles. The van der Waals surface area contributed by atoms with Crippen LogP contribution in [0, 0.1) is 5.92 Å². The van der Waals surface area contributed by atoms with Gasteiger partial charge in [-0.05, 0) is 24.3 Å². The molecule has 0 bridgehead atoms. The van der Waals surface area contributed by atoms with E-state index < -0.39 is 0 Å². The van der Waals surface area contributed by atoms with Gasteiger partial charge in [0, 0.05) is 23.7 Å². The van der Waals surface area contributed by atoms with Gasteiger partial charge in [0.05, 0.1) is 5.92 Å². The molecule has 1 unspecified atom stereocenters. The fraction of sp³-hybridized carbons (Fsp3) is 0.294. The summed E-state index contributed by atoms with van der Waals surface area (Å²) in [5.74, 6) is -0.279. The number of thioether (sulfide) groups is 1. The third kappa shape index (κ3) is 6.12. The number of hydrogen-bond donors (Lipinski definition) is 2. The summed E-state index contributed by atoms with van der Waals surface area (Å²) >= 11 is 5.50. The zero-order valence-electron chi connectivity index (χ0n) is 13.1. The van der Waals surface area contributed by atoms with Gasteiger partial charge in [-0.1, -0.05) is 67.9 Å². The summed E-state index contributed by atoms with van der Waals surface area (Å²) in [5.41, 5.74) is 1.11. The molecule has 0 heterocycles. The Balaban J connectivity index is 2.71. The predicted octanol–water partition coefficient (Wildman–Crippen LogP) is 4.27. The molecular formula is C17H22N2OS2. The summed E-state index contributed by atoms with van der Waals surface area (Å²) in [6.07, 6.45) is 8.67. The molecule has 1 atom stereocenters. The first-order valence-corrected chi connectivity index (χ1v) is 8.33. The molecule has 118 valence electrons. The summed E-state index contributed by atoms with van der Waals surface area (Å²) < 4.78 is 2.35. The highest BCUT2D eigenvalue weighted by atomic mass is 32.2. The van der Waals surface area contributed by atoms with E-state index in [1.165, 1.54) is 9.80 Å². The van der Waals surface area contributed by atoms with E-state index in [1.807, 2.05) is 44.3 Å². The lowest BCUT2D eigenvalue weighted by molar-refractivity contribution is -0.121. The zero-order chi connectivity index (χ0) is 16.4. The SMILES string of the molecule is C/C=C(\C/C=C\C(C)C(=O)NS)Sc1ccccc1C=NC. The van der Waals surface area contributed by atoms with E-state index >= 15 is 0 Å². The molecule has 0 aliphatic carbocycles. The number of nitrogens with one attached hydrogen (secondary N) is 1. The van der Waals surface area contributed by atoms with Crippen molar-refractivity contribution in [3.63, 3.8) is 0 Å². The third-order valence-electron chi connectivity index (χ3n) is 3.02. The van der Waals surface area contributed by atoms with Crippen LogP contribution in [-0.4, -0.2) is 19.2 Å². The fourth-order valence-corrected chi connectivity index (χ4v) is 2.93. The van der Waals surface area contributed by atoms with Crippen LogP contribution in [0.4, 0.5) is 0 Å². The van der Waals surface area contributed by atoms with E-state index in [4.69, 9.17) is 0 Å². The molecule has 0 fully saturated rings. The van der Waals surface area contributed by atoms with E-state index in [0.717, 1.165) is 12.0 Å². The summed E-state index contributed by atoms with van der Waals surface area (Å²) in [4.78, 5) is 17.9. The van der Waals surface area contributed by atoms with Crippen LogP contribution in [0.1, 0.15) is 25.8 Å². The lowest BCUT2D eigenvalue weighted by atomic mass is 10.1. The molecule has 0 spiro atoms. The quantitative estimate of drug-likeness (QED) is 0.338. The molecule has 22 heavy (non-hydrogen) atoms. The number of rotatable bonds is 7. The average molecular weight is 335 g/mol. The van der Waals surface area contributed by atoms with E-state index in [2.05, 4.69) is 40.7 Å². The Kier molecular flexibility index (Phi) is 8.70. The topological polar surface area (TPSA) is 41.5 Å². The Morgan fingerprint density at radius 1 is 1.45 bits per heavy atom. The molecule has 1 amide bonds. The molecule has 0 aromatic heterocycles. The first kappa shape index (κ1) is 18.6. The van der Waals surface area contributed by atoms with Crippen molar-refractivity contribution in [3.8, 4) is 0 Å². The van der Waals surface area contributed by atoms with Crippen LogP contribution in [-0.2, 0) is 4.79 Å². The Morgan fingerprint density at radius 2 is 2.18 bits per heavy atom. The molecule has 5 heteroatoms. The Labute approximate surface area is 142 Å². The van der Waals surface area contributed by atoms with E-state index in [9.17, 15) is 4.79 Å². The Hall–Kier alpha value is -1.46. The van der Waals surface area contributed by atoms with Gasteiger partial charge in [0.1, 0.15) is 0 Å². The first-order chi connectivity index (χ1) is 10.6. The Bertz CT molecular complexity index is 580. The number of carbonyl (C=O) groups excluding carboxylic acids is 1. The van der Waals surface area contributed by atoms with Crippen LogP contribution >= 0.6 is 24.6 Å². The van der Waals surface area contributed by atoms with Gasteiger partial charge >= 0.3 is 0 Å². The highest BCUT2D eigenvalue weighted by molar-refractivity contribution is 8.03. The van der Waals surface area contributed by atoms with Crippen molar-refractivity contribution in [2.45, 2.75) is 25.2 Å². The monoisotopic (exact) mass is 334 g/mol.